The fourth-order valence-electron chi connectivity index (χ4n) is 1.81. The molecule has 21 heavy (non-hydrogen) atoms. The average Bonchev–Trinajstić information content (AvgIpc) is 2.97. The van der Waals surface area contributed by atoms with Gasteiger partial charge in [-0.05, 0) is 18.6 Å². The third-order valence-electron chi connectivity index (χ3n) is 2.93. The number of aliphatic hydroxyl groups excluding tert-OH is 1. The van der Waals surface area contributed by atoms with Crippen LogP contribution in [0.15, 0.2) is 30.3 Å². The summed E-state index contributed by atoms with van der Waals surface area (Å²) in [6, 6.07) is 9.40. The Bertz CT molecular complexity index is 570. The monoisotopic (exact) mass is 289 g/mol. The number of nitrogens with zero attached hydrogens (tertiary/aromatic N) is 4. The first-order valence-corrected chi connectivity index (χ1v) is 6.92. The number of hydrogen-bond acceptors (Lipinski definition) is 5. The predicted molar refractivity (Wildman–Crippen MR) is 77.2 cm³/mol. The van der Waals surface area contributed by atoms with E-state index in [2.05, 4.69) is 20.7 Å². The number of hydrogen-bond donors (Lipinski definition) is 2. The van der Waals surface area contributed by atoms with Crippen molar-refractivity contribution in [3.05, 3.63) is 30.3 Å². The van der Waals surface area contributed by atoms with Gasteiger partial charge in [0.2, 0.25) is 11.7 Å². The number of aliphatic hydroxyl groups is 1. The SMILES string of the molecule is CC(CO)NC(=O)CCCn1nnc(-c2ccccc2)n1. The Kier molecular flexibility index (Phi) is 5.39. The van der Waals surface area contributed by atoms with E-state index in [4.69, 9.17) is 5.11 Å². The lowest BCUT2D eigenvalue weighted by Gasteiger charge is -2.10. The van der Waals surface area contributed by atoms with Crippen LogP contribution >= 0.6 is 0 Å². The predicted octanol–water partition coefficient (Wildman–Crippen LogP) is 0.617. The van der Waals surface area contributed by atoms with Gasteiger partial charge in [-0.1, -0.05) is 30.3 Å². The minimum Gasteiger partial charge on any atom is -0.394 e. The Morgan fingerprint density at radius 1 is 1.38 bits per heavy atom. The van der Waals surface area contributed by atoms with Crippen molar-refractivity contribution in [3.8, 4) is 11.4 Å². The minimum absolute atomic E-state index is 0.0587. The highest BCUT2D eigenvalue weighted by molar-refractivity contribution is 5.76. The summed E-state index contributed by atoms with van der Waals surface area (Å²) in [7, 11) is 0. The van der Waals surface area contributed by atoms with Crippen molar-refractivity contribution in [1.82, 2.24) is 25.5 Å². The first kappa shape index (κ1) is 15.1. The normalized spacial score (nSPS) is 12.1. The van der Waals surface area contributed by atoms with Gasteiger partial charge in [0.25, 0.3) is 0 Å². The summed E-state index contributed by atoms with van der Waals surface area (Å²) in [5.74, 6) is 0.494. The Hall–Kier alpha value is -2.28. The Balaban J connectivity index is 1.80. The third-order valence-corrected chi connectivity index (χ3v) is 2.93. The molecule has 2 aromatic rings. The summed E-state index contributed by atoms with van der Waals surface area (Å²) in [6.07, 6.45) is 0.987. The molecule has 1 aromatic heterocycles. The van der Waals surface area contributed by atoms with Gasteiger partial charge in [-0.3, -0.25) is 4.79 Å². The molecule has 2 rings (SSSR count). The van der Waals surface area contributed by atoms with Crippen molar-refractivity contribution >= 4 is 5.91 Å². The number of tetrazole rings is 1. The Morgan fingerprint density at radius 2 is 2.14 bits per heavy atom. The molecule has 7 nitrogen and oxygen atoms in total. The maximum Gasteiger partial charge on any atom is 0.220 e. The lowest BCUT2D eigenvalue weighted by atomic mass is 10.2. The molecule has 1 amide bonds. The average molecular weight is 289 g/mol. The summed E-state index contributed by atoms with van der Waals surface area (Å²) in [4.78, 5) is 13.0. The quantitative estimate of drug-likeness (QED) is 0.779. The molecule has 7 heteroatoms. The van der Waals surface area contributed by atoms with Crippen molar-refractivity contribution in [2.24, 2.45) is 0 Å². The molecule has 0 radical (unpaired) electrons. The first-order chi connectivity index (χ1) is 10.2. The van der Waals surface area contributed by atoms with E-state index in [0.29, 0.717) is 25.2 Å². The summed E-state index contributed by atoms with van der Waals surface area (Å²) in [6.45, 7) is 2.22. The molecule has 0 bridgehead atoms. The first-order valence-electron chi connectivity index (χ1n) is 6.92. The van der Waals surface area contributed by atoms with E-state index in [9.17, 15) is 4.79 Å². The highest BCUT2D eigenvalue weighted by Gasteiger charge is 2.08. The molecular formula is C14H19N5O2. The van der Waals surface area contributed by atoms with E-state index in [1.807, 2.05) is 30.3 Å². The van der Waals surface area contributed by atoms with Gasteiger partial charge in [-0.25, -0.2) is 0 Å². The lowest BCUT2D eigenvalue weighted by Crippen LogP contribution is -2.34. The topological polar surface area (TPSA) is 92.9 Å². The van der Waals surface area contributed by atoms with Gasteiger partial charge in [0.1, 0.15) is 0 Å². The largest absolute Gasteiger partial charge is 0.394 e. The van der Waals surface area contributed by atoms with Gasteiger partial charge in [0, 0.05) is 18.0 Å². The maximum atomic E-state index is 11.5. The van der Waals surface area contributed by atoms with Gasteiger partial charge in [-0.2, -0.15) is 4.80 Å². The second kappa shape index (κ2) is 7.49. The van der Waals surface area contributed by atoms with Crippen molar-refractivity contribution in [2.75, 3.05) is 6.61 Å². The highest BCUT2D eigenvalue weighted by Crippen LogP contribution is 2.11. The molecule has 1 atom stereocenters. The molecule has 2 N–H and O–H groups in total. The lowest BCUT2D eigenvalue weighted by molar-refractivity contribution is -0.122. The molecule has 1 heterocycles. The number of carbonyl (C=O) groups is 1. The summed E-state index contributed by atoms with van der Waals surface area (Å²) in [5.41, 5.74) is 0.915. The zero-order valence-corrected chi connectivity index (χ0v) is 11.9. The molecule has 0 aliphatic carbocycles. The molecule has 0 fully saturated rings. The number of aryl methyl sites for hydroxylation is 1. The van der Waals surface area contributed by atoms with Crippen molar-refractivity contribution in [1.29, 1.82) is 0 Å². The molecule has 0 aliphatic heterocycles. The third kappa shape index (κ3) is 4.64. The van der Waals surface area contributed by atoms with Crippen LogP contribution in [0.4, 0.5) is 0 Å². The maximum absolute atomic E-state index is 11.5. The summed E-state index contributed by atoms with van der Waals surface area (Å²) >= 11 is 0. The number of aromatic nitrogens is 4. The van der Waals surface area contributed by atoms with Crippen LogP contribution in [0.3, 0.4) is 0 Å². The molecular weight excluding hydrogens is 270 g/mol. The zero-order chi connectivity index (χ0) is 15.1. The fraction of sp³-hybridized carbons (Fsp3) is 0.429. The smallest absolute Gasteiger partial charge is 0.220 e. The number of benzene rings is 1. The van der Waals surface area contributed by atoms with Crippen molar-refractivity contribution < 1.29 is 9.90 Å². The van der Waals surface area contributed by atoms with Crippen LogP contribution in [-0.2, 0) is 11.3 Å². The van der Waals surface area contributed by atoms with Gasteiger partial charge in [0.15, 0.2) is 0 Å². The highest BCUT2D eigenvalue weighted by atomic mass is 16.3. The van der Waals surface area contributed by atoms with Gasteiger partial charge < -0.3 is 10.4 Å². The van der Waals surface area contributed by atoms with Gasteiger partial charge in [-0.15, -0.1) is 10.2 Å². The van der Waals surface area contributed by atoms with Crippen LogP contribution in [0, 0.1) is 0 Å². The van der Waals surface area contributed by atoms with E-state index in [1.54, 1.807) is 6.92 Å². The Morgan fingerprint density at radius 3 is 2.86 bits per heavy atom. The molecule has 0 aliphatic rings. The minimum atomic E-state index is -0.216. The molecule has 0 spiro atoms. The second-order valence-electron chi connectivity index (χ2n) is 4.83. The van der Waals surface area contributed by atoms with Crippen LogP contribution in [0.2, 0.25) is 0 Å². The van der Waals surface area contributed by atoms with E-state index in [-0.39, 0.29) is 18.6 Å². The second-order valence-corrected chi connectivity index (χ2v) is 4.83. The zero-order valence-electron chi connectivity index (χ0n) is 11.9. The van der Waals surface area contributed by atoms with E-state index < -0.39 is 0 Å². The van der Waals surface area contributed by atoms with Crippen LogP contribution in [0.5, 0.6) is 0 Å². The van der Waals surface area contributed by atoms with Crippen molar-refractivity contribution in [3.63, 3.8) is 0 Å². The van der Waals surface area contributed by atoms with Crippen LogP contribution in [0.1, 0.15) is 19.8 Å². The van der Waals surface area contributed by atoms with Crippen molar-refractivity contribution in [2.45, 2.75) is 32.4 Å². The van der Waals surface area contributed by atoms with Gasteiger partial charge >= 0.3 is 0 Å². The van der Waals surface area contributed by atoms with Crippen LogP contribution < -0.4 is 5.32 Å². The standard InChI is InChI=1S/C14H19N5O2/c1-11(10-20)15-13(21)8-5-9-19-17-14(16-18-19)12-6-3-2-4-7-12/h2-4,6-7,11,20H,5,8-10H2,1H3,(H,15,21). The van der Waals surface area contributed by atoms with Crippen LogP contribution in [-0.4, -0.2) is 43.9 Å². The number of nitrogens with one attached hydrogen (secondary N) is 1. The number of carbonyl (C=O) groups excluding carboxylic acids is 1. The molecule has 112 valence electrons. The summed E-state index contributed by atoms with van der Waals surface area (Å²) < 4.78 is 0. The van der Waals surface area contributed by atoms with E-state index >= 15 is 0 Å². The molecule has 1 unspecified atom stereocenters. The summed E-state index contributed by atoms with van der Waals surface area (Å²) in [5, 5.41) is 23.8. The fourth-order valence-corrected chi connectivity index (χ4v) is 1.81. The van der Waals surface area contributed by atoms with Gasteiger partial charge in [0.05, 0.1) is 13.2 Å². The van der Waals surface area contributed by atoms with E-state index in [0.717, 1.165) is 5.56 Å². The number of rotatable bonds is 7. The van der Waals surface area contributed by atoms with Crippen LogP contribution in [0.25, 0.3) is 11.4 Å². The molecule has 1 aromatic carbocycles. The van der Waals surface area contributed by atoms with E-state index in [1.165, 1.54) is 4.80 Å². The molecule has 0 saturated carbocycles. The molecule has 0 saturated heterocycles. The number of amides is 1. The Labute approximate surface area is 123 Å².